The first-order valence-corrected chi connectivity index (χ1v) is 6.67. The molecule has 1 heterocycles. The smallest absolute Gasteiger partial charge is 0.336 e. The molecule has 18 heavy (non-hydrogen) atoms. The summed E-state index contributed by atoms with van der Waals surface area (Å²) in [5, 5.41) is 9.66. The number of carbonyl (C=O) groups is 1. The lowest BCUT2D eigenvalue weighted by Gasteiger charge is -2.05. The van der Waals surface area contributed by atoms with Gasteiger partial charge in [-0.2, -0.15) is 0 Å². The minimum Gasteiger partial charge on any atom is -0.478 e. The van der Waals surface area contributed by atoms with Crippen molar-refractivity contribution < 1.29 is 9.90 Å². The molecule has 0 spiro atoms. The number of carboxylic acids is 1. The largest absolute Gasteiger partial charge is 0.478 e. The normalized spacial score (nSPS) is 10.3. The van der Waals surface area contributed by atoms with E-state index < -0.39 is 5.97 Å². The van der Waals surface area contributed by atoms with Gasteiger partial charge in [-0.1, -0.05) is 15.9 Å². The number of aromatic carboxylic acids is 1. The van der Waals surface area contributed by atoms with Crippen LogP contribution in [0.4, 0.5) is 0 Å². The molecule has 1 N–H and O–H groups in total. The number of hydrogen-bond donors (Lipinski definition) is 1. The van der Waals surface area contributed by atoms with Gasteiger partial charge in [0.2, 0.25) is 0 Å². The fourth-order valence-electron chi connectivity index (χ4n) is 1.33. The van der Waals surface area contributed by atoms with E-state index in [4.69, 9.17) is 5.11 Å². The Balaban J connectivity index is 2.39. The zero-order valence-electron chi connectivity index (χ0n) is 9.42. The van der Waals surface area contributed by atoms with E-state index in [1.54, 1.807) is 30.5 Å². The van der Waals surface area contributed by atoms with E-state index in [1.165, 1.54) is 11.8 Å². The molecule has 2 aromatic rings. The van der Waals surface area contributed by atoms with Crippen molar-refractivity contribution in [1.29, 1.82) is 0 Å². The van der Waals surface area contributed by atoms with Gasteiger partial charge in [0.1, 0.15) is 0 Å². The molecule has 1 aromatic carbocycles. The number of carboxylic acid groups (broad SMARTS) is 1. The van der Waals surface area contributed by atoms with Crippen LogP contribution in [0.5, 0.6) is 0 Å². The Hall–Kier alpha value is -1.40. The number of rotatable bonds is 3. The molecule has 0 bridgehead atoms. The third-order valence-corrected chi connectivity index (χ3v) is 3.58. The molecule has 4 nitrogen and oxygen atoms in total. The van der Waals surface area contributed by atoms with Gasteiger partial charge in [-0.05, 0) is 43.0 Å². The summed E-state index contributed by atoms with van der Waals surface area (Å²) >= 11 is 4.56. The monoisotopic (exact) mass is 324 g/mol. The Morgan fingerprint density at radius 2 is 2.17 bits per heavy atom. The second-order valence-electron chi connectivity index (χ2n) is 3.53. The van der Waals surface area contributed by atoms with E-state index in [2.05, 4.69) is 25.9 Å². The summed E-state index contributed by atoms with van der Waals surface area (Å²) in [5.41, 5.74) is 1.09. The summed E-state index contributed by atoms with van der Waals surface area (Å²) < 4.78 is 0.822. The van der Waals surface area contributed by atoms with Crippen LogP contribution in [0.1, 0.15) is 16.1 Å². The molecule has 0 saturated heterocycles. The first-order valence-electron chi connectivity index (χ1n) is 5.06. The summed E-state index contributed by atoms with van der Waals surface area (Å²) in [5.74, 6) is -0.961. The van der Waals surface area contributed by atoms with Gasteiger partial charge in [0, 0.05) is 21.3 Å². The molecule has 0 aliphatic rings. The third kappa shape index (κ3) is 3.08. The van der Waals surface area contributed by atoms with Crippen molar-refractivity contribution in [3.8, 4) is 0 Å². The summed E-state index contributed by atoms with van der Waals surface area (Å²) in [6.45, 7) is 1.87. The molecule has 0 radical (unpaired) electrons. The maximum absolute atomic E-state index is 11.1. The molecule has 0 saturated carbocycles. The number of halogens is 1. The van der Waals surface area contributed by atoms with Crippen molar-refractivity contribution in [2.24, 2.45) is 0 Å². The first kappa shape index (κ1) is 13.0. The van der Waals surface area contributed by atoms with Gasteiger partial charge < -0.3 is 5.11 Å². The number of aromatic nitrogens is 2. The van der Waals surface area contributed by atoms with E-state index in [0.29, 0.717) is 10.1 Å². The van der Waals surface area contributed by atoms with Crippen LogP contribution in [0.3, 0.4) is 0 Å². The van der Waals surface area contributed by atoms with Gasteiger partial charge >= 0.3 is 5.97 Å². The minimum atomic E-state index is -0.961. The van der Waals surface area contributed by atoms with Crippen molar-refractivity contribution in [2.75, 3.05) is 0 Å². The Labute approximate surface area is 117 Å². The van der Waals surface area contributed by atoms with Crippen LogP contribution >= 0.6 is 27.7 Å². The van der Waals surface area contributed by atoms with Gasteiger partial charge in [-0.3, -0.25) is 0 Å². The molecule has 92 valence electrons. The summed E-state index contributed by atoms with van der Waals surface area (Å²) in [6, 6.07) is 6.80. The number of hydrogen-bond acceptors (Lipinski definition) is 4. The summed E-state index contributed by atoms with van der Waals surface area (Å²) in [6.07, 6.45) is 1.66. The molecule has 1 aromatic heterocycles. The predicted octanol–water partition coefficient (Wildman–Crippen LogP) is 3.40. The lowest BCUT2D eigenvalue weighted by Crippen LogP contribution is -1.99. The standard InChI is InChI=1S/C12H9BrN2O2S/c1-7-4-5-14-12(15-7)18-10-6-8(13)2-3-9(10)11(16)17/h2-6H,1H3,(H,16,17). The molecule has 2 rings (SSSR count). The van der Waals surface area contributed by atoms with Crippen LogP contribution in [0.2, 0.25) is 0 Å². The van der Waals surface area contributed by atoms with Gasteiger partial charge in [0.25, 0.3) is 0 Å². The van der Waals surface area contributed by atoms with Gasteiger partial charge in [0.05, 0.1) is 5.56 Å². The fourth-order valence-corrected chi connectivity index (χ4v) is 2.79. The Kier molecular flexibility index (Phi) is 3.98. The van der Waals surface area contributed by atoms with Crippen molar-refractivity contribution in [2.45, 2.75) is 17.0 Å². The van der Waals surface area contributed by atoms with Crippen molar-refractivity contribution in [3.63, 3.8) is 0 Å². The molecule has 0 fully saturated rings. The highest BCUT2D eigenvalue weighted by molar-refractivity contribution is 9.10. The Morgan fingerprint density at radius 3 is 2.83 bits per heavy atom. The molecule has 0 atom stereocenters. The van der Waals surface area contributed by atoms with Gasteiger partial charge in [-0.25, -0.2) is 14.8 Å². The summed E-state index contributed by atoms with van der Waals surface area (Å²) in [7, 11) is 0. The average molecular weight is 325 g/mol. The Morgan fingerprint density at radius 1 is 1.39 bits per heavy atom. The Bertz CT molecular complexity index is 604. The number of aryl methyl sites for hydroxylation is 1. The summed E-state index contributed by atoms with van der Waals surface area (Å²) in [4.78, 5) is 20.1. The van der Waals surface area contributed by atoms with Gasteiger partial charge in [0.15, 0.2) is 5.16 Å². The fraction of sp³-hybridized carbons (Fsp3) is 0.0833. The van der Waals surface area contributed by atoms with E-state index in [0.717, 1.165) is 10.2 Å². The molecule has 0 amide bonds. The highest BCUT2D eigenvalue weighted by Gasteiger charge is 2.12. The molecule has 0 aliphatic carbocycles. The highest BCUT2D eigenvalue weighted by Crippen LogP contribution is 2.30. The maximum Gasteiger partial charge on any atom is 0.336 e. The second-order valence-corrected chi connectivity index (χ2v) is 5.45. The van der Waals surface area contributed by atoms with E-state index in [-0.39, 0.29) is 5.56 Å². The van der Waals surface area contributed by atoms with E-state index >= 15 is 0 Å². The maximum atomic E-state index is 11.1. The van der Waals surface area contributed by atoms with Crippen molar-refractivity contribution in [3.05, 3.63) is 46.2 Å². The zero-order chi connectivity index (χ0) is 13.1. The highest BCUT2D eigenvalue weighted by atomic mass is 79.9. The quantitative estimate of drug-likeness (QED) is 0.877. The van der Waals surface area contributed by atoms with Crippen LogP contribution in [-0.4, -0.2) is 21.0 Å². The van der Waals surface area contributed by atoms with Crippen molar-refractivity contribution in [1.82, 2.24) is 9.97 Å². The minimum absolute atomic E-state index is 0.244. The van der Waals surface area contributed by atoms with Crippen molar-refractivity contribution >= 4 is 33.7 Å². The van der Waals surface area contributed by atoms with Crippen LogP contribution in [0.25, 0.3) is 0 Å². The lowest BCUT2D eigenvalue weighted by molar-refractivity contribution is 0.0693. The predicted molar refractivity (Wildman–Crippen MR) is 72.0 cm³/mol. The van der Waals surface area contributed by atoms with Crippen LogP contribution in [0, 0.1) is 6.92 Å². The zero-order valence-corrected chi connectivity index (χ0v) is 11.8. The van der Waals surface area contributed by atoms with E-state index in [1.807, 2.05) is 6.92 Å². The van der Waals surface area contributed by atoms with Gasteiger partial charge in [-0.15, -0.1) is 0 Å². The third-order valence-electron chi connectivity index (χ3n) is 2.15. The van der Waals surface area contributed by atoms with Crippen LogP contribution in [0.15, 0.2) is 45.0 Å². The SMILES string of the molecule is Cc1ccnc(Sc2cc(Br)ccc2C(=O)O)n1. The molecule has 6 heteroatoms. The molecule has 0 unspecified atom stereocenters. The molecular formula is C12H9BrN2O2S. The average Bonchev–Trinajstić information content (AvgIpc) is 2.28. The topological polar surface area (TPSA) is 63.1 Å². The second kappa shape index (κ2) is 5.49. The van der Waals surface area contributed by atoms with E-state index in [9.17, 15) is 4.79 Å². The molecular weight excluding hydrogens is 316 g/mol. The molecule has 0 aliphatic heterocycles. The van der Waals surface area contributed by atoms with Crippen LogP contribution < -0.4 is 0 Å². The number of nitrogens with zero attached hydrogens (tertiary/aromatic N) is 2. The number of benzene rings is 1. The first-order chi connectivity index (χ1) is 8.56. The lowest BCUT2D eigenvalue weighted by atomic mass is 10.2. The van der Waals surface area contributed by atoms with Crippen LogP contribution in [-0.2, 0) is 0 Å².